The summed E-state index contributed by atoms with van der Waals surface area (Å²) < 4.78 is 25.3. The van der Waals surface area contributed by atoms with E-state index in [1.165, 1.54) is 6.07 Å². The average molecular weight is 371 g/mol. The van der Waals surface area contributed by atoms with Gasteiger partial charge in [-0.05, 0) is 35.7 Å². The molecule has 0 fully saturated rings. The van der Waals surface area contributed by atoms with Crippen LogP contribution in [-0.4, -0.2) is 25.7 Å². The summed E-state index contributed by atoms with van der Waals surface area (Å²) in [4.78, 5) is 12.3. The molecule has 1 amide bonds. The molecule has 1 heterocycles. The lowest BCUT2D eigenvalue weighted by atomic mass is 9.84. The van der Waals surface area contributed by atoms with Gasteiger partial charge in [0.2, 0.25) is 5.91 Å². The van der Waals surface area contributed by atoms with E-state index < -0.39 is 5.41 Å². The Morgan fingerprint density at radius 2 is 1.85 bits per heavy atom. The summed E-state index contributed by atoms with van der Waals surface area (Å²) in [6.07, 6.45) is 1.85. The number of fused-ring (bicyclic) bond motifs is 1. The first-order chi connectivity index (χ1) is 13.0. The summed E-state index contributed by atoms with van der Waals surface area (Å²) in [7, 11) is 0. The van der Waals surface area contributed by atoms with Gasteiger partial charge in [-0.2, -0.15) is 0 Å². The van der Waals surface area contributed by atoms with E-state index in [9.17, 15) is 9.18 Å². The number of nitrogens with one attached hydrogen (secondary N) is 1. The highest BCUT2D eigenvalue weighted by Crippen LogP contribution is 2.30. The van der Waals surface area contributed by atoms with Crippen molar-refractivity contribution in [1.29, 1.82) is 0 Å². The summed E-state index contributed by atoms with van der Waals surface area (Å²) in [6, 6.07) is 12.5. The van der Waals surface area contributed by atoms with E-state index in [0.29, 0.717) is 38.2 Å². The van der Waals surface area contributed by atoms with Crippen molar-refractivity contribution in [3.63, 3.8) is 0 Å². The Bertz CT molecular complexity index is 804. The third-order valence-corrected chi connectivity index (χ3v) is 4.78. The second-order valence-corrected chi connectivity index (χ2v) is 7.47. The van der Waals surface area contributed by atoms with Gasteiger partial charge in [-0.1, -0.05) is 38.1 Å². The van der Waals surface area contributed by atoms with Crippen LogP contribution in [-0.2, 0) is 16.6 Å². The van der Waals surface area contributed by atoms with Crippen molar-refractivity contribution in [2.45, 2.75) is 38.5 Å². The molecular formula is C22H26FNO3. The topological polar surface area (TPSA) is 47.6 Å². The molecule has 3 rings (SSSR count). The second kappa shape index (κ2) is 8.42. The Labute approximate surface area is 159 Å². The molecular weight excluding hydrogens is 345 g/mol. The summed E-state index contributed by atoms with van der Waals surface area (Å²) in [5.74, 6) is 1.20. The maximum atomic E-state index is 14.0. The maximum absolute atomic E-state index is 14.0. The molecule has 0 bridgehead atoms. The van der Waals surface area contributed by atoms with Crippen molar-refractivity contribution in [1.82, 2.24) is 5.32 Å². The van der Waals surface area contributed by atoms with Gasteiger partial charge < -0.3 is 14.8 Å². The standard InChI is InChI=1S/C22H26FNO3/c1-22(2,17-6-3-4-7-18(17)23)15-24-21(25)11-9-16-8-10-19-20(14-16)27-13-5-12-26-19/h3-4,6-8,10,14H,5,9,11-13,15H2,1-2H3,(H,24,25). The highest BCUT2D eigenvalue weighted by atomic mass is 19.1. The second-order valence-electron chi connectivity index (χ2n) is 7.47. The minimum atomic E-state index is -0.476. The Balaban J connectivity index is 1.53. The Hall–Kier alpha value is -2.56. The molecule has 2 aromatic carbocycles. The van der Waals surface area contributed by atoms with Crippen LogP contribution in [0.1, 0.15) is 37.8 Å². The number of halogens is 1. The number of hydrogen-bond acceptors (Lipinski definition) is 3. The van der Waals surface area contributed by atoms with E-state index in [1.807, 2.05) is 38.1 Å². The summed E-state index contributed by atoms with van der Waals surface area (Å²) in [6.45, 7) is 5.54. The highest BCUT2D eigenvalue weighted by Gasteiger charge is 2.24. The third-order valence-electron chi connectivity index (χ3n) is 4.78. The Morgan fingerprint density at radius 1 is 1.11 bits per heavy atom. The third kappa shape index (κ3) is 5.00. The summed E-state index contributed by atoms with van der Waals surface area (Å²) in [5, 5.41) is 2.93. The minimum absolute atomic E-state index is 0.0495. The van der Waals surface area contributed by atoms with Gasteiger partial charge >= 0.3 is 0 Å². The molecule has 144 valence electrons. The van der Waals surface area contributed by atoms with Crippen LogP contribution in [0.5, 0.6) is 11.5 Å². The predicted molar refractivity (Wildman–Crippen MR) is 103 cm³/mol. The largest absolute Gasteiger partial charge is 0.490 e. The van der Waals surface area contributed by atoms with E-state index >= 15 is 0 Å². The molecule has 0 radical (unpaired) electrons. The van der Waals surface area contributed by atoms with Gasteiger partial charge in [-0.25, -0.2) is 4.39 Å². The van der Waals surface area contributed by atoms with Gasteiger partial charge in [-0.15, -0.1) is 0 Å². The number of rotatable bonds is 6. The van der Waals surface area contributed by atoms with Gasteiger partial charge in [0, 0.05) is 24.8 Å². The fourth-order valence-corrected chi connectivity index (χ4v) is 3.13. The first kappa shape index (κ1) is 19.2. The number of amides is 1. The molecule has 1 aliphatic rings. The van der Waals surface area contributed by atoms with Crippen LogP contribution in [0, 0.1) is 5.82 Å². The molecule has 1 N–H and O–H groups in total. The van der Waals surface area contributed by atoms with Crippen LogP contribution in [0.15, 0.2) is 42.5 Å². The van der Waals surface area contributed by atoms with Crippen LogP contribution in [0.25, 0.3) is 0 Å². The van der Waals surface area contributed by atoms with Crippen LogP contribution < -0.4 is 14.8 Å². The molecule has 0 spiro atoms. The molecule has 4 nitrogen and oxygen atoms in total. The molecule has 0 aliphatic carbocycles. The lowest BCUT2D eigenvalue weighted by Gasteiger charge is -2.26. The number of ether oxygens (including phenoxy) is 2. The van der Waals surface area contributed by atoms with Crippen molar-refractivity contribution >= 4 is 5.91 Å². The van der Waals surface area contributed by atoms with E-state index in [-0.39, 0.29) is 11.7 Å². The van der Waals surface area contributed by atoms with Crippen molar-refractivity contribution in [2.75, 3.05) is 19.8 Å². The van der Waals surface area contributed by atoms with E-state index in [0.717, 1.165) is 23.5 Å². The molecule has 0 saturated carbocycles. The monoisotopic (exact) mass is 371 g/mol. The van der Waals surface area contributed by atoms with Gasteiger partial charge in [-0.3, -0.25) is 4.79 Å². The normalized spacial score (nSPS) is 13.7. The van der Waals surface area contributed by atoms with Crippen molar-refractivity contribution in [2.24, 2.45) is 0 Å². The Kier molecular flexibility index (Phi) is 5.99. The predicted octanol–water partition coefficient (Wildman–Crippen LogP) is 4.01. The number of carbonyl (C=O) groups is 1. The van der Waals surface area contributed by atoms with Crippen LogP contribution in [0.4, 0.5) is 4.39 Å². The minimum Gasteiger partial charge on any atom is -0.490 e. The average Bonchev–Trinajstić information content (AvgIpc) is 2.90. The van der Waals surface area contributed by atoms with Crippen molar-refractivity contribution in [3.05, 3.63) is 59.4 Å². The molecule has 2 aromatic rings. The van der Waals surface area contributed by atoms with Crippen LogP contribution in [0.3, 0.4) is 0 Å². The fraction of sp³-hybridized carbons (Fsp3) is 0.409. The molecule has 0 atom stereocenters. The molecule has 5 heteroatoms. The maximum Gasteiger partial charge on any atom is 0.220 e. The number of aryl methyl sites for hydroxylation is 1. The van der Waals surface area contributed by atoms with Crippen LogP contribution in [0.2, 0.25) is 0 Å². The van der Waals surface area contributed by atoms with Gasteiger partial charge in [0.1, 0.15) is 5.82 Å². The summed E-state index contributed by atoms with van der Waals surface area (Å²) in [5.41, 5.74) is 1.16. The van der Waals surface area contributed by atoms with Gasteiger partial charge in [0.25, 0.3) is 0 Å². The van der Waals surface area contributed by atoms with Crippen molar-refractivity contribution in [3.8, 4) is 11.5 Å². The van der Waals surface area contributed by atoms with Crippen molar-refractivity contribution < 1.29 is 18.7 Å². The zero-order valence-electron chi connectivity index (χ0n) is 15.9. The quantitative estimate of drug-likeness (QED) is 0.834. The Morgan fingerprint density at radius 3 is 2.63 bits per heavy atom. The first-order valence-corrected chi connectivity index (χ1v) is 9.36. The van der Waals surface area contributed by atoms with Gasteiger partial charge in [0.15, 0.2) is 11.5 Å². The first-order valence-electron chi connectivity index (χ1n) is 9.36. The smallest absolute Gasteiger partial charge is 0.220 e. The fourth-order valence-electron chi connectivity index (χ4n) is 3.13. The molecule has 1 aliphatic heterocycles. The number of benzene rings is 2. The lowest BCUT2D eigenvalue weighted by Crippen LogP contribution is -2.37. The molecule has 0 saturated heterocycles. The van der Waals surface area contributed by atoms with E-state index in [2.05, 4.69) is 5.32 Å². The van der Waals surface area contributed by atoms with E-state index in [4.69, 9.17) is 9.47 Å². The zero-order chi connectivity index (χ0) is 19.3. The lowest BCUT2D eigenvalue weighted by molar-refractivity contribution is -0.121. The number of hydrogen-bond donors (Lipinski definition) is 1. The SMILES string of the molecule is CC(C)(CNC(=O)CCc1ccc2c(c1)OCCCO2)c1ccccc1F. The molecule has 27 heavy (non-hydrogen) atoms. The molecule has 0 unspecified atom stereocenters. The van der Waals surface area contributed by atoms with Gasteiger partial charge in [0.05, 0.1) is 13.2 Å². The molecule has 0 aromatic heterocycles. The highest BCUT2D eigenvalue weighted by molar-refractivity contribution is 5.76. The van der Waals surface area contributed by atoms with Crippen LogP contribution >= 0.6 is 0 Å². The zero-order valence-corrected chi connectivity index (χ0v) is 15.9. The van der Waals surface area contributed by atoms with E-state index in [1.54, 1.807) is 12.1 Å². The number of carbonyl (C=O) groups excluding carboxylic acids is 1. The summed E-state index contributed by atoms with van der Waals surface area (Å²) >= 11 is 0.